The van der Waals surface area contributed by atoms with Crippen molar-refractivity contribution in [2.45, 2.75) is 25.7 Å². The number of likely N-dealkylation sites (tertiary alicyclic amines) is 1. The largest absolute Gasteiger partial charge is 0.357 e. The molecule has 5 nitrogen and oxygen atoms in total. The number of pyridine rings is 2. The van der Waals surface area contributed by atoms with E-state index in [2.05, 4.69) is 20.9 Å². The molecule has 25 heavy (non-hydrogen) atoms. The van der Waals surface area contributed by atoms with E-state index in [-0.39, 0.29) is 11.3 Å². The van der Waals surface area contributed by atoms with E-state index >= 15 is 0 Å². The predicted octanol–water partition coefficient (Wildman–Crippen LogP) is 3.00. The van der Waals surface area contributed by atoms with Gasteiger partial charge in [0.05, 0.1) is 5.56 Å². The highest BCUT2D eigenvalue weighted by Gasteiger charge is 2.40. The number of rotatable bonds is 2. The van der Waals surface area contributed by atoms with Gasteiger partial charge in [0.1, 0.15) is 5.82 Å². The quantitative estimate of drug-likeness (QED) is 0.846. The van der Waals surface area contributed by atoms with E-state index in [0.717, 1.165) is 51.3 Å². The number of carbonyl (C=O) groups is 1. The van der Waals surface area contributed by atoms with Crippen molar-refractivity contribution in [1.82, 2.24) is 14.9 Å². The van der Waals surface area contributed by atoms with E-state index in [1.807, 2.05) is 35.4 Å². The third kappa shape index (κ3) is 3.36. The van der Waals surface area contributed by atoms with Crippen LogP contribution >= 0.6 is 0 Å². The average Bonchev–Trinajstić information content (AvgIpc) is 2.69. The molecule has 5 heteroatoms. The number of hydrogen-bond acceptors (Lipinski definition) is 4. The molecule has 0 unspecified atom stereocenters. The molecule has 4 rings (SSSR count). The first-order valence-corrected chi connectivity index (χ1v) is 9.11. The number of hydrogen-bond donors (Lipinski definition) is 0. The van der Waals surface area contributed by atoms with E-state index in [1.165, 1.54) is 6.42 Å². The fraction of sp³-hybridized carbons (Fsp3) is 0.450. The van der Waals surface area contributed by atoms with Gasteiger partial charge in [-0.3, -0.25) is 9.78 Å². The van der Waals surface area contributed by atoms with Crippen molar-refractivity contribution in [3.8, 4) is 0 Å². The Bertz CT molecular complexity index is 711. The molecule has 2 aromatic rings. The van der Waals surface area contributed by atoms with E-state index in [1.54, 1.807) is 12.4 Å². The SMILES string of the molecule is O=C(c1cccnc1)N1CCCC2(CCN(c3ccccn3)CC2)C1. The third-order valence-corrected chi connectivity index (χ3v) is 5.65. The molecule has 1 spiro atoms. The van der Waals surface area contributed by atoms with Crippen LogP contribution in [0.3, 0.4) is 0 Å². The van der Waals surface area contributed by atoms with Gasteiger partial charge in [-0.1, -0.05) is 6.07 Å². The molecule has 2 aliphatic rings. The summed E-state index contributed by atoms with van der Waals surface area (Å²) in [4.78, 5) is 25.7. The van der Waals surface area contributed by atoms with Gasteiger partial charge < -0.3 is 9.80 Å². The Hall–Kier alpha value is -2.43. The third-order valence-electron chi connectivity index (χ3n) is 5.65. The van der Waals surface area contributed by atoms with Gasteiger partial charge in [0, 0.05) is 44.8 Å². The second kappa shape index (κ2) is 6.82. The summed E-state index contributed by atoms with van der Waals surface area (Å²) < 4.78 is 0. The Morgan fingerprint density at radius 2 is 1.88 bits per heavy atom. The molecule has 4 heterocycles. The lowest BCUT2D eigenvalue weighted by Crippen LogP contribution is -2.51. The number of aromatic nitrogens is 2. The van der Waals surface area contributed by atoms with Gasteiger partial charge in [0.2, 0.25) is 0 Å². The molecule has 0 aromatic carbocycles. The molecule has 2 saturated heterocycles. The summed E-state index contributed by atoms with van der Waals surface area (Å²) in [6.07, 6.45) is 9.81. The van der Waals surface area contributed by atoms with E-state index in [9.17, 15) is 4.79 Å². The molecule has 2 aliphatic heterocycles. The fourth-order valence-electron chi connectivity index (χ4n) is 4.21. The summed E-state index contributed by atoms with van der Waals surface area (Å²) in [7, 11) is 0. The minimum Gasteiger partial charge on any atom is -0.357 e. The summed E-state index contributed by atoms with van der Waals surface area (Å²) in [6.45, 7) is 3.77. The van der Waals surface area contributed by atoms with Crippen LogP contribution in [-0.4, -0.2) is 47.0 Å². The maximum Gasteiger partial charge on any atom is 0.255 e. The second-order valence-electron chi connectivity index (χ2n) is 7.25. The maximum atomic E-state index is 12.8. The number of carbonyl (C=O) groups excluding carboxylic acids is 1. The Kier molecular flexibility index (Phi) is 4.38. The molecular formula is C20H24N4O. The van der Waals surface area contributed by atoms with E-state index < -0.39 is 0 Å². The lowest BCUT2D eigenvalue weighted by molar-refractivity contribution is 0.0433. The topological polar surface area (TPSA) is 49.3 Å². The highest BCUT2D eigenvalue weighted by Crippen LogP contribution is 2.40. The Labute approximate surface area is 148 Å². The summed E-state index contributed by atoms with van der Waals surface area (Å²) in [5.41, 5.74) is 0.965. The maximum absolute atomic E-state index is 12.8. The van der Waals surface area contributed by atoms with Crippen LogP contribution in [0.5, 0.6) is 0 Å². The van der Waals surface area contributed by atoms with Crippen LogP contribution in [0, 0.1) is 5.41 Å². The van der Waals surface area contributed by atoms with E-state index in [4.69, 9.17) is 0 Å². The smallest absolute Gasteiger partial charge is 0.255 e. The molecule has 0 bridgehead atoms. The average molecular weight is 336 g/mol. The molecule has 0 radical (unpaired) electrons. The van der Waals surface area contributed by atoms with Crippen LogP contribution in [0.15, 0.2) is 48.9 Å². The summed E-state index contributed by atoms with van der Waals surface area (Å²) in [5, 5.41) is 0. The lowest BCUT2D eigenvalue weighted by Gasteiger charge is -2.48. The van der Waals surface area contributed by atoms with Gasteiger partial charge in [-0.2, -0.15) is 0 Å². The van der Waals surface area contributed by atoms with Crippen molar-refractivity contribution < 1.29 is 4.79 Å². The molecule has 1 amide bonds. The molecular weight excluding hydrogens is 312 g/mol. The van der Waals surface area contributed by atoms with Crippen molar-refractivity contribution in [1.29, 1.82) is 0 Å². The van der Waals surface area contributed by atoms with Crippen LogP contribution in [0.25, 0.3) is 0 Å². The van der Waals surface area contributed by atoms with Crippen molar-refractivity contribution >= 4 is 11.7 Å². The Morgan fingerprint density at radius 3 is 2.60 bits per heavy atom. The fourth-order valence-corrected chi connectivity index (χ4v) is 4.21. The Morgan fingerprint density at radius 1 is 1.00 bits per heavy atom. The van der Waals surface area contributed by atoms with Crippen LogP contribution < -0.4 is 4.90 Å². The first-order chi connectivity index (χ1) is 12.3. The summed E-state index contributed by atoms with van der Waals surface area (Å²) in [5.74, 6) is 1.19. The molecule has 2 aromatic heterocycles. The minimum atomic E-state index is 0.124. The van der Waals surface area contributed by atoms with Gasteiger partial charge in [0.25, 0.3) is 5.91 Å². The minimum absolute atomic E-state index is 0.124. The van der Waals surface area contributed by atoms with Gasteiger partial charge in [-0.05, 0) is 55.4 Å². The van der Waals surface area contributed by atoms with E-state index in [0.29, 0.717) is 5.56 Å². The Balaban J connectivity index is 1.42. The van der Waals surface area contributed by atoms with Crippen LogP contribution in [0.1, 0.15) is 36.0 Å². The van der Waals surface area contributed by atoms with Gasteiger partial charge in [-0.25, -0.2) is 4.98 Å². The molecule has 130 valence electrons. The zero-order valence-electron chi connectivity index (χ0n) is 14.5. The molecule has 0 N–H and O–H groups in total. The summed E-state index contributed by atoms with van der Waals surface area (Å²) >= 11 is 0. The highest BCUT2D eigenvalue weighted by atomic mass is 16.2. The lowest BCUT2D eigenvalue weighted by atomic mass is 9.72. The first-order valence-electron chi connectivity index (χ1n) is 9.11. The standard InChI is InChI=1S/C20H24N4O/c25-19(17-5-3-10-21-15-17)24-12-4-7-20(16-24)8-13-23(14-9-20)18-6-1-2-11-22-18/h1-3,5-6,10-11,15H,4,7-9,12-14,16H2. The highest BCUT2D eigenvalue weighted by molar-refractivity contribution is 5.94. The molecule has 0 atom stereocenters. The molecule has 0 saturated carbocycles. The number of piperidine rings is 2. The number of amides is 1. The predicted molar refractivity (Wildman–Crippen MR) is 97.5 cm³/mol. The van der Waals surface area contributed by atoms with Crippen LogP contribution in [0.2, 0.25) is 0 Å². The van der Waals surface area contributed by atoms with Crippen molar-refractivity contribution in [3.63, 3.8) is 0 Å². The van der Waals surface area contributed by atoms with Crippen LogP contribution in [-0.2, 0) is 0 Å². The van der Waals surface area contributed by atoms with Crippen LogP contribution in [0.4, 0.5) is 5.82 Å². The van der Waals surface area contributed by atoms with Crippen molar-refractivity contribution in [2.24, 2.45) is 5.41 Å². The zero-order chi connectivity index (χ0) is 17.1. The van der Waals surface area contributed by atoms with Crippen molar-refractivity contribution in [3.05, 3.63) is 54.5 Å². The first kappa shape index (κ1) is 16.1. The normalized spacial score (nSPS) is 19.8. The van der Waals surface area contributed by atoms with Gasteiger partial charge in [-0.15, -0.1) is 0 Å². The number of anilines is 1. The zero-order valence-corrected chi connectivity index (χ0v) is 14.5. The summed E-state index contributed by atoms with van der Waals surface area (Å²) in [6, 6.07) is 9.77. The second-order valence-corrected chi connectivity index (χ2v) is 7.25. The molecule has 2 fully saturated rings. The monoisotopic (exact) mass is 336 g/mol. The van der Waals surface area contributed by atoms with Gasteiger partial charge >= 0.3 is 0 Å². The number of nitrogens with zero attached hydrogens (tertiary/aromatic N) is 4. The van der Waals surface area contributed by atoms with Crippen molar-refractivity contribution in [2.75, 3.05) is 31.1 Å². The molecule has 0 aliphatic carbocycles. The van der Waals surface area contributed by atoms with Gasteiger partial charge in [0.15, 0.2) is 0 Å².